The topological polar surface area (TPSA) is 46.2 Å². The summed E-state index contributed by atoms with van der Waals surface area (Å²) in [5, 5.41) is 9.39. The van der Waals surface area contributed by atoms with Gasteiger partial charge in [-0.15, -0.1) is 0 Å². The lowest BCUT2D eigenvalue weighted by atomic mass is 9.71. The molecule has 0 spiro atoms. The molecule has 2 nitrogen and oxygen atoms in total. The molecule has 1 aromatic rings. The lowest BCUT2D eigenvalue weighted by molar-refractivity contribution is -0.114. The maximum Gasteiger partial charge on any atom is 0.294 e. The number of phenolic OH excluding ortho intramolecular Hbond substituents is 1. The highest BCUT2D eigenvalue weighted by Gasteiger charge is 2.56. The summed E-state index contributed by atoms with van der Waals surface area (Å²) in [5.41, 5.74) is 3.77. The van der Waals surface area contributed by atoms with Crippen molar-refractivity contribution >= 4 is 0 Å². The van der Waals surface area contributed by atoms with Gasteiger partial charge in [0.05, 0.1) is 11.1 Å². The average molecular weight is 213 g/mol. The normalized spacial score (nSPS) is 19.7. The van der Waals surface area contributed by atoms with E-state index in [1.165, 1.54) is 24.3 Å². The Kier molecular flexibility index (Phi) is 2.19. The molecule has 0 amide bonds. The summed E-state index contributed by atoms with van der Waals surface area (Å²) >= 11 is 0. The van der Waals surface area contributed by atoms with Crippen LogP contribution in [0.5, 0.6) is 5.75 Å². The van der Waals surface area contributed by atoms with Crippen molar-refractivity contribution in [1.29, 1.82) is 0 Å². The van der Waals surface area contributed by atoms with E-state index in [4.69, 9.17) is 5.73 Å². The second-order valence-electron chi connectivity index (χ2n) is 4.10. The molecule has 0 aromatic heterocycles. The second-order valence-corrected chi connectivity index (χ2v) is 4.10. The summed E-state index contributed by atoms with van der Waals surface area (Å²) in [6, 6.07) is 5.47. The summed E-state index contributed by atoms with van der Waals surface area (Å²) in [6.07, 6.45) is 1.32. The number of alkyl halides is 2. The molecule has 2 rings (SSSR count). The maximum absolute atomic E-state index is 14.0. The van der Waals surface area contributed by atoms with Crippen molar-refractivity contribution in [2.24, 2.45) is 5.73 Å². The molecular weight excluding hydrogens is 200 g/mol. The maximum atomic E-state index is 14.0. The van der Waals surface area contributed by atoms with Crippen molar-refractivity contribution in [3.8, 4) is 5.75 Å². The van der Waals surface area contributed by atoms with Crippen LogP contribution < -0.4 is 5.73 Å². The van der Waals surface area contributed by atoms with Gasteiger partial charge in [-0.2, -0.15) is 8.78 Å². The van der Waals surface area contributed by atoms with Crippen LogP contribution >= 0.6 is 0 Å². The lowest BCUT2D eigenvalue weighted by Gasteiger charge is -2.44. The molecule has 0 bridgehead atoms. The number of hydrogen-bond donors (Lipinski definition) is 2. The molecule has 1 aromatic carbocycles. The van der Waals surface area contributed by atoms with E-state index in [-0.39, 0.29) is 11.3 Å². The van der Waals surface area contributed by atoms with Crippen LogP contribution in [-0.2, 0) is 5.92 Å². The van der Waals surface area contributed by atoms with Crippen LogP contribution in [-0.4, -0.2) is 10.6 Å². The fraction of sp³-hybridized carbons (Fsp3) is 0.455. The Balaban J connectivity index is 2.41. The molecule has 0 saturated heterocycles. The monoisotopic (exact) mass is 213 g/mol. The van der Waals surface area contributed by atoms with Gasteiger partial charge in [-0.1, -0.05) is 12.1 Å². The van der Waals surface area contributed by atoms with Crippen LogP contribution in [0, 0.1) is 0 Å². The highest BCUT2D eigenvalue weighted by Crippen LogP contribution is 2.50. The summed E-state index contributed by atoms with van der Waals surface area (Å²) in [6.45, 7) is 0. The van der Waals surface area contributed by atoms with Crippen molar-refractivity contribution in [2.75, 3.05) is 0 Å². The summed E-state index contributed by atoms with van der Waals surface area (Å²) < 4.78 is 27.9. The van der Waals surface area contributed by atoms with E-state index in [0.717, 1.165) is 6.42 Å². The molecular formula is C11H13F2NO. The van der Waals surface area contributed by atoms with Gasteiger partial charge in [-0.05, 0) is 31.4 Å². The number of phenols is 1. The summed E-state index contributed by atoms with van der Waals surface area (Å²) in [7, 11) is 0. The lowest BCUT2D eigenvalue weighted by Crippen LogP contribution is -2.58. The van der Waals surface area contributed by atoms with Gasteiger partial charge in [0, 0.05) is 0 Å². The zero-order chi connectivity index (χ0) is 11.1. The van der Waals surface area contributed by atoms with Gasteiger partial charge >= 0.3 is 0 Å². The largest absolute Gasteiger partial charge is 0.507 e. The Morgan fingerprint density at radius 2 is 1.87 bits per heavy atom. The van der Waals surface area contributed by atoms with Crippen molar-refractivity contribution in [2.45, 2.75) is 30.7 Å². The molecule has 1 aliphatic rings. The standard InChI is InChI=1S/C11H13F2NO/c12-11(13,10(14)6-3-7-10)8-4-1-2-5-9(8)15/h1-2,4-5,15H,3,6-7,14H2. The molecule has 82 valence electrons. The average Bonchev–Trinajstić information content (AvgIpc) is 2.14. The predicted octanol–water partition coefficient (Wildman–Crippen LogP) is 2.37. The Morgan fingerprint density at radius 3 is 2.33 bits per heavy atom. The quantitative estimate of drug-likeness (QED) is 0.792. The first-order valence-electron chi connectivity index (χ1n) is 4.92. The molecule has 4 heteroatoms. The van der Waals surface area contributed by atoms with E-state index in [0.29, 0.717) is 12.8 Å². The minimum Gasteiger partial charge on any atom is -0.507 e. The van der Waals surface area contributed by atoms with E-state index < -0.39 is 11.5 Å². The number of para-hydroxylation sites is 1. The molecule has 0 radical (unpaired) electrons. The molecule has 1 saturated carbocycles. The van der Waals surface area contributed by atoms with Crippen LogP contribution in [0.1, 0.15) is 24.8 Å². The minimum absolute atomic E-state index is 0.300. The predicted molar refractivity (Wildman–Crippen MR) is 52.8 cm³/mol. The minimum atomic E-state index is -3.16. The number of benzene rings is 1. The van der Waals surface area contributed by atoms with Crippen molar-refractivity contribution in [1.82, 2.24) is 0 Å². The molecule has 3 N–H and O–H groups in total. The van der Waals surface area contributed by atoms with Crippen molar-refractivity contribution < 1.29 is 13.9 Å². The van der Waals surface area contributed by atoms with Gasteiger partial charge in [-0.25, -0.2) is 0 Å². The highest BCUT2D eigenvalue weighted by molar-refractivity contribution is 5.38. The smallest absolute Gasteiger partial charge is 0.294 e. The Morgan fingerprint density at radius 1 is 1.27 bits per heavy atom. The first-order valence-corrected chi connectivity index (χ1v) is 4.92. The SMILES string of the molecule is NC1(C(F)(F)c2ccccc2O)CCC1. The number of rotatable bonds is 2. The second kappa shape index (κ2) is 3.17. The Hall–Kier alpha value is -1.16. The number of halogens is 2. The van der Waals surface area contributed by atoms with Crippen LogP contribution in [0.25, 0.3) is 0 Å². The summed E-state index contributed by atoms with van der Waals surface area (Å²) in [4.78, 5) is 0. The fourth-order valence-electron chi connectivity index (χ4n) is 1.88. The van der Waals surface area contributed by atoms with Crippen LogP contribution in [0.15, 0.2) is 24.3 Å². The zero-order valence-electron chi connectivity index (χ0n) is 8.21. The number of aromatic hydroxyl groups is 1. The van der Waals surface area contributed by atoms with Gasteiger partial charge < -0.3 is 10.8 Å². The van der Waals surface area contributed by atoms with E-state index in [2.05, 4.69) is 0 Å². The van der Waals surface area contributed by atoms with Crippen molar-refractivity contribution in [3.63, 3.8) is 0 Å². The van der Waals surface area contributed by atoms with Crippen LogP contribution in [0.2, 0.25) is 0 Å². The third-order valence-electron chi connectivity index (χ3n) is 3.11. The third kappa shape index (κ3) is 1.40. The van der Waals surface area contributed by atoms with Crippen LogP contribution in [0.3, 0.4) is 0 Å². The fourth-order valence-corrected chi connectivity index (χ4v) is 1.88. The van der Waals surface area contributed by atoms with Gasteiger partial charge in [0.25, 0.3) is 5.92 Å². The van der Waals surface area contributed by atoms with E-state index >= 15 is 0 Å². The van der Waals surface area contributed by atoms with Gasteiger partial charge in [0.2, 0.25) is 0 Å². The molecule has 0 heterocycles. The highest BCUT2D eigenvalue weighted by atomic mass is 19.3. The molecule has 1 fully saturated rings. The first kappa shape index (κ1) is 10.4. The van der Waals surface area contributed by atoms with Gasteiger partial charge in [0.15, 0.2) is 0 Å². The molecule has 15 heavy (non-hydrogen) atoms. The molecule has 0 aliphatic heterocycles. The number of hydrogen-bond acceptors (Lipinski definition) is 2. The third-order valence-corrected chi connectivity index (χ3v) is 3.11. The van der Waals surface area contributed by atoms with E-state index in [1.807, 2.05) is 0 Å². The van der Waals surface area contributed by atoms with Crippen molar-refractivity contribution in [3.05, 3.63) is 29.8 Å². The first-order chi connectivity index (χ1) is 6.97. The van der Waals surface area contributed by atoms with E-state index in [1.54, 1.807) is 0 Å². The van der Waals surface area contributed by atoms with Crippen LogP contribution in [0.4, 0.5) is 8.78 Å². The molecule has 0 atom stereocenters. The number of nitrogens with two attached hydrogens (primary N) is 1. The molecule has 0 unspecified atom stereocenters. The molecule has 1 aliphatic carbocycles. The summed E-state index contributed by atoms with van der Waals surface area (Å²) in [5.74, 6) is -3.55. The zero-order valence-corrected chi connectivity index (χ0v) is 8.21. The van der Waals surface area contributed by atoms with Gasteiger partial charge in [0.1, 0.15) is 5.75 Å². The van der Waals surface area contributed by atoms with Gasteiger partial charge in [-0.3, -0.25) is 0 Å². The Bertz CT molecular complexity index is 375. The Labute approximate surface area is 86.7 Å². The van der Waals surface area contributed by atoms with E-state index in [9.17, 15) is 13.9 Å².